The number of hydrogen-bond acceptors (Lipinski definition) is 5. The van der Waals surface area contributed by atoms with E-state index in [4.69, 9.17) is 4.42 Å². The zero-order valence-electron chi connectivity index (χ0n) is 16.6. The number of nitrogens with one attached hydrogen (secondary N) is 1. The van der Waals surface area contributed by atoms with E-state index in [1.807, 2.05) is 9.58 Å². The third kappa shape index (κ3) is 4.74. The van der Waals surface area contributed by atoms with Crippen molar-refractivity contribution in [2.75, 3.05) is 26.2 Å². The summed E-state index contributed by atoms with van der Waals surface area (Å²) in [5, 5.41) is 12.5. The topological polar surface area (TPSA) is 81.5 Å². The number of hydrogen-bond donors (Lipinski definition) is 1. The van der Waals surface area contributed by atoms with E-state index < -0.39 is 0 Å². The molecule has 27 heavy (non-hydrogen) atoms. The van der Waals surface area contributed by atoms with Crippen LogP contribution in [0.25, 0.3) is 0 Å². The van der Waals surface area contributed by atoms with Crippen molar-refractivity contribution in [3.63, 3.8) is 0 Å². The summed E-state index contributed by atoms with van der Waals surface area (Å²) in [4.78, 5) is 15.8. The molecular weight excluding hydrogens is 344 g/mol. The highest BCUT2D eigenvalue weighted by atomic mass is 16.3. The van der Waals surface area contributed by atoms with E-state index in [0.717, 1.165) is 57.8 Å². The first-order chi connectivity index (χ1) is 13.1. The van der Waals surface area contributed by atoms with Gasteiger partial charge in [-0.3, -0.25) is 4.79 Å². The highest BCUT2D eigenvalue weighted by molar-refractivity contribution is 5.91. The number of tetrazole rings is 1. The predicted molar refractivity (Wildman–Crippen MR) is 100 cm³/mol. The van der Waals surface area contributed by atoms with Gasteiger partial charge in [-0.1, -0.05) is 27.2 Å². The highest BCUT2D eigenvalue weighted by Gasteiger charge is 2.33. The number of rotatable bonds is 8. The van der Waals surface area contributed by atoms with Crippen LogP contribution in [-0.2, 0) is 6.54 Å². The summed E-state index contributed by atoms with van der Waals surface area (Å²) in [7, 11) is 0. The Bertz CT molecular complexity index is 704. The summed E-state index contributed by atoms with van der Waals surface area (Å²) in [6.07, 6.45) is 4.74. The molecule has 1 atom stereocenters. The molecule has 1 N–H and O–H groups in total. The quantitative estimate of drug-likeness (QED) is 0.750. The Morgan fingerprint density at radius 3 is 2.70 bits per heavy atom. The minimum Gasteiger partial charge on any atom is -0.459 e. The van der Waals surface area contributed by atoms with Crippen LogP contribution in [0, 0.1) is 5.92 Å². The molecule has 1 aliphatic heterocycles. The maximum absolute atomic E-state index is 12.5. The molecule has 1 saturated heterocycles. The van der Waals surface area contributed by atoms with Crippen LogP contribution in [0.2, 0.25) is 0 Å². The largest absolute Gasteiger partial charge is 0.459 e. The molecule has 0 spiro atoms. The van der Waals surface area contributed by atoms with Crippen LogP contribution >= 0.6 is 0 Å². The number of aryl methyl sites for hydroxylation is 1. The lowest BCUT2D eigenvalue weighted by Gasteiger charge is -2.35. The molecule has 0 aliphatic carbocycles. The van der Waals surface area contributed by atoms with Crippen molar-refractivity contribution in [2.24, 2.45) is 5.92 Å². The van der Waals surface area contributed by atoms with Gasteiger partial charge in [-0.25, -0.2) is 4.68 Å². The standard InChI is InChI=1S/C19H30N6O2/c1-4-6-16(18-20-21-22-25(18)9-8-15(2)3)23-10-12-24(13-11-23)19(26)17-7-5-14-27-17/h5,7,14-16H,4,6,8-13H2,1-3H3/p+1/t16-/m0/s1. The van der Waals surface area contributed by atoms with Crippen molar-refractivity contribution in [3.05, 3.63) is 30.0 Å². The molecule has 0 unspecified atom stereocenters. The molecule has 3 rings (SSSR count). The summed E-state index contributed by atoms with van der Waals surface area (Å²) < 4.78 is 7.23. The molecule has 0 radical (unpaired) electrons. The summed E-state index contributed by atoms with van der Waals surface area (Å²) in [5.74, 6) is 2.00. The second kappa shape index (κ2) is 9.12. The molecule has 3 heterocycles. The summed E-state index contributed by atoms with van der Waals surface area (Å²) in [5.41, 5.74) is 0. The van der Waals surface area contributed by atoms with Crippen molar-refractivity contribution in [1.82, 2.24) is 25.1 Å². The molecule has 8 heteroatoms. The average Bonchev–Trinajstić information content (AvgIpc) is 3.36. The molecule has 0 bridgehead atoms. The van der Waals surface area contributed by atoms with Crippen molar-refractivity contribution >= 4 is 5.91 Å². The first-order valence-corrected chi connectivity index (χ1v) is 10.0. The highest BCUT2D eigenvalue weighted by Crippen LogP contribution is 2.15. The van der Waals surface area contributed by atoms with Gasteiger partial charge in [-0.15, -0.1) is 5.10 Å². The van der Waals surface area contributed by atoms with E-state index >= 15 is 0 Å². The van der Waals surface area contributed by atoms with Crippen LogP contribution < -0.4 is 4.90 Å². The predicted octanol–water partition coefficient (Wildman–Crippen LogP) is 1.19. The smallest absolute Gasteiger partial charge is 0.289 e. The molecule has 8 nitrogen and oxygen atoms in total. The van der Waals surface area contributed by atoms with Gasteiger partial charge in [0.2, 0.25) is 5.82 Å². The van der Waals surface area contributed by atoms with Gasteiger partial charge in [-0.2, -0.15) is 0 Å². The van der Waals surface area contributed by atoms with E-state index in [2.05, 4.69) is 36.3 Å². The lowest BCUT2D eigenvalue weighted by atomic mass is 10.1. The zero-order chi connectivity index (χ0) is 19.2. The van der Waals surface area contributed by atoms with Gasteiger partial charge in [0.25, 0.3) is 5.91 Å². The third-order valence-corrected chi connectivity index (χ3v) is 5.28. The van der Waals surface area contributed by atoms with Crippen molar-refractivity contribution < 1.29 is 14.1 Å². The molecule has 2 aromatic heterocycles. The first-order valence-electron chi connectivity index (χ1n) is 10.0. The Morgan fingerprint density at radius 1 is 1.30 bits per heavy atom. The van der Waals surface area contributed by atoms with Gasteiger partial charge < -0.3 is 14.2 Å². The number of carbonyl (C=O) groups excluding carboxylic acids is 1. The van der Waals surface area contributed by atoms with Gasteiger partial charge in [0.1, 0.15) is 6.04 Å². The fourth-order valence-corrected chi connectivity index (χ4v) is 3.71. The fraction of sp³-hybridized carbons (Fsp3) is 0.684. The van der Waals surface area contributed by atoms with Crippen molar-refractivity contribution in [2.45, 2.75) is 52.6 Å². The van der Waals surface area contributed by atoms with Crippen LogP contribution in [0.3, 0.4) is 0 Å². The molecule has 1 amide bonds. The molecule has 1 fully saturated rings. The van der Waals surface area contributed by atoms with E-state index in [0.29, 0.717) is 11.7 Å². The Morgan fingerprint density at radius 2 is 2.07 bits per heavy atom. The molecule has 148 valence electrons. The SMILES string of the molecule is CCC[C@@H](c1nnnn1CCC(C)C)[NH+]1CCN(C(=O)c2ccco2)CC1. The Balaban J connectivity index is 1.65. The lowest BCUT2D eigenvalue weighted by Crippen LogP contribution is -3.15. The van der Waals surface area contributed by atoms with Crippen LogP contribution in [0.5, 0.6) is 0 Å². The van der Waals surface area contributed by atoms with Crippen LogP contribution in [0.4, 0.5) is 0 Å². The molecule has 0 aromatic carbocycles. The van der Waals surface area contributed by atoms with Gasteiger partial charge in [0.15, 0.2) is 5.76 Å². The number of piperazine rings is 1. The van der Waals surface area contributed by atoms with Crippen LogP contribution in [0.1, 0.15) is 62.5 Å². The normalized spacial score (nSPS) is 16.8. The van der Waals surface area contributed by atoms with E-state index in [-0.39, 0.29) is 11.9 Å². The van der Waals surface area contributed by atoms with Gasteiger partial charge in [0.05, 0.1) is 32.4 Å². The van der Waals surface area contributed by atoms with Gasteiger partial charge >= 0.3 is 0 Å². The maximum atomic E-state index is 12.5. The number of aromatic nitrogens is 4. The number of nitrogens with zero attached hydrogens (tertiary/aromatic N) is 5. The minimum atomic E-state index is -0.0205. The average molecular weight is 375 g/mol. The third-order valence-electron chi connectivity index (χ3n) is 5.28. The minimum absolute atomic E-state index is 0.0205. The monoisotopic (exact) mass is 375 g/mol. The summed E-state index contributed by atoms with van der Waals surface area (Å²) in [6.45, 7) is 10.7. The fourth-order valence-electron chi connectivity index (χ4n) is 3.71. The zero-order valence-corrected chi connectivity index (χ0v) is 16.6. The number of carbonyl (C=O) groups is 1. The molecule has 2 aromatic rings. The van der Waals surface area contributed by atoms with E-state index in [9.17, 15) is 4.79 Å². The van der Waals surface area contributed by atoms with Crippen molar-refractivity contribution in [3.8, 4) is 0 Å². The number of amides is 1. The van der Waals surface area contributed by atoms with Crippen molar-refractivity contribution in [1.29, 1.82) is 0 Å². The van der Waals surface area contributed by atoms with E-state index in [1.54, 1.807) is 18.4 Å². The Labute approximate surface area is 160 Å². The first kappa shape index (κ1) is 19.5. The Hall–Kier alpha value is -2.22. The Kier molecular flexibility index (Phi) is 6.60. The number of quaternary nitrogens is 1. The molecule has 0 saturated carbocycles. The maximum Gasteiger partial charge on any atom is 0.289 e. The number of furan rings is 1. The second-order valence-electron chi connectivity index (χ2n) is 7.71. The lowest BCUT2D eigenvalue weighted by molar-refractivity contribution is -0.936. The van der Waals surface area contributed by atoms with Crippen LogP contribution in [-0.4, -0.2) is 57.2 Å². The van der Waals surface area contributed by atoms with Crippen LogP contribution in [0.15, 0.2) is 22.8 Å². The summed E-state index contributed by atoms with van der Waals surface area (Å²) in [6, 6.07) is 3.76. The molecule has 1 aliphatic rings. The van der Waals surface area contributed by atoms with Gasteiger partial charge in [-0.05, 0) is 34.9 Å². The van der Waals surface area contributed by atoms with Gasteiger partial charge in [0, 0.05) is 13.0 Å². The van der Waals surface area contributed by atoms with E-state index in [1.165, 1.54) is 4.90 Å². The molecular formula is C19H31N6O2+. The summed E-state index contributed by atoms with van der Waals surface area (Å²) >= 11 is 0. The second-order valence-corrected chi connectivity index (χ2v) is 7.71.